The molecular weight excluding hydrogens is 240 g/mol. The molecule has 0 atom stereocenters. The first-order valence-electron chi connectivity index (χ1n) is 7.25. The maximum atomic E-state index is 5.48. The van der Waals surface area contributed by atoms with Crippen molar-refractivity contribution in [2.45, 2.75) is 58.4 Å². The standard InChI is InChI=1S/C15H24N2S/c1-15(2,3)13-8-16-14(18)17(13)9-12(10-4-5-10)11-6-7-11/h8,10-12H,4-7,9H2,1-3H3,(H,16,18). The molecule has 0 spiro atoms. The van der Waals surface area contributed by atoms with Gasteiger partial charge in [0.15, 0.2) is 4.77 Å². The zero-order chi connectivity index (χ0) is 12.9. The summed E-state index contributed by atoms with van der Waals surface area (Å²) in [6.07, 6.45) is 7.90. The number of H-pyrrole nitrogens is 1. The normalized spacial score (nSPS) is 20.7. The van der Waals surface area contributed by atoms with E-state index in [1.165, 1.54) is 31.4 Å². The lowest BCUT2D eigenvalue weighted by Crippen LogP contribution is -2.22. The van der Waals surface area contributed by atoms with Gasteiger partial charge in [-0.05, 0) is 55.7 Å². The van der Waals surface area contributed by atoms with E-state index in [9.17, 15) is 0 Å². The van der Waals surface area contributed by atoms with E-state index < -0.39 is 0 Å². The molecule has 1 N–H and O–H groups in total. The van der Waals surface area contributed by atoms with Crippen LogP contribution in [0.5, 0.6) is 0 Å². The molecule has 0 aliphatic heterocycles. The van der Waals surface area contributed by atoms with Crippen LogP contribution >= 0.6 is 12.2 Å². The largest absolute Gasteiger partial charge is 0.337 e. The third-order valence-electron chi connectivity index (χ3n) is 4.49. The summed E-state index contributed by atoms with van der Waals surface area (Å²) in [5, 5.41) is 0. The first-order valence-corrected chi connectivity index (χ1v) is 7.66. The summed E-state index contributed by atoms with van der Waals surface area (Å²) in [5.74, 6) is 2.86. The van der Waals surface area contributed by atoms with Crippen molar-refractivity contribution in [3.63, 3.8) is 0 Å². The zero-order valence-corrected chi connectivity index (χ0v) is 12.5. The summed E-state index contributed by atoms with van der Waals surface area (Å²) in [4.78, 5) is 3.25. The van der Waals surface area contributed by atoms with Gasteiger partial charge in [-0.25, -0.2) is 0 Å². The van der Waals surface area contributed by atoms with Crippen molar-refractivity contribution in [2.75, 3.05) is 0 Å². The van der Waals surface area contributed by atoms with Crippen LogP contribution in [0.3, 0.4) is 0 Å². The number of aromatic nitrogens is 2. The minimum atomic E-state index is 0.172. The smallest absolute Gasteiger partial charge is 0.177 e. The van der Waals surface area contributed by atoms with Crippen LogP contribution in [0.2, 0.25) is 0 Å². The van der Waals surface area contributed by atoms with Crippen LogP contribution in [0.1, 0.15) is 52.1 Å². The average Bonchev–Trinajstić information content (AvgIpc) is 3.15. The van der Waals surface area contributed by atoms with Crippen LogP contribution in [-0.2, 0) is 12.0 Å². The summed E-state index contributed by atoms with van der Waals surface area (Å²) in [7, 11) is 0. The summed E-state index contributed by atoms with van der Waals surface area (Å²) in [6, 6.07) is 0. The van der Waals surface area contributed by atoms with Crippen LogP contribution in [0, 0.1) is 22.5 Å². The van der Waals surface area contributed by atoms with Crippen LogP contribution < -0.4 is 0 Å². The lowest BCUT2D eigenvalue weighted by Gasteiger charge is -2.24. The van der Waals surface area contributed by atoms with Gasteiger partial charge in [-0.3, -0.25) is 0 Å². The van der Waals surface area contributed by atoms with Crippen molar-refractivity contribution in [1.82, 2.24) is 9.55 Å². The van der Waals surface area contributed by atoms with Gasteiger partial charge in [0.2, 0.25) is 0 Å². The Morgan fingerprint density at radius 1 is 1.28 bits per heavy atom. The van der Waals surface area contributed by atoms with Gasteiger partial charge in [0.05, 0.1) is 0 Å². The highest BCUT2D eigenvalue weighted by Gasteiger charge is 2.41. The van der Waals surface area contributed by atoms with Crippen molar-refractivity contribution >= 4 is 12.2 Å². The SMILES string of the molecule is CC(C)(C)c1c[nH]c(=S)n1CC(C1CC1)C1CC1. The molecule has 0 amide bonds. The van der Waals surface area contributed by atoms with E-state index in [0.717, 1.165) is 29.1 Å². The molecule has 1 aromatic heterocycles. The lowest BCUT2D eigenvalue weighted by molar-refractivity contribution is 0.334. The van der Waals surface area contributed by atoms with Gasteiger partial charge < -0.3 is 9.55 Å². The minimum Gasteiger partial charge on any atom is -0.337 e. The Morgan fingerprint density at radius 2 is 1.83 bits per heavy atom. The maximum absolute atomic E-state index is 5.48. The Labute approximate surface area is 115 Å². The topological polar surface area (TPSA) is 20.7 Å². The zero-order valence-electron chi connectivity index (χ0n) is 11.7. The van der Waals surface area contributed by atoms with Crippen LogP contribution in [0.15, 0.2) is 6.20 Å². The molecule has 0 aromatic carbocycles. The third-order valence-corrected chi connectivity index (χ3v) is 4.82. The number of aromatic amines is 1. The Bertz CT molecular complexity index is 471. The predicted octanol–water partition coefficient (Wildman–Crippen LogP) is 4.28. The molecule has 3 heteroatoms. The molecule has 2 aliphatic rings. The second kappa shape index (κ2) is 4.22. The van der Waals surface area contributed by atoms with Gasteiger partial charge in [-0.15, -0.1) is 0 Å². The highest BCUT2D eigenvalue weighted by Crippen LogP contribution is 2.50. The molecule has 0 saturated heterocycles. The van der Waals surface area contributed by atoms with Crippen LogP contribution in [0.25, 0.3) is 0 Å². The van der Waals surface area contributed by atoms with Crippen molar-refractivity contribution in [1.29, 1.82) is 0 Å². The molecule has 2 nitrogen and oxygen atoms in total. The molecule has 2 saturated carbocycles. The van der Waals surface area contributed by atoms with E-state index in [4.69, 9.17) is 12.2 Å². The maximum Gasteiger partial charge on any atom is 0.177 e. The number of imidazole rings is 1. The second-order valence-corrected chi connectivity index (χ2v) is 7.57. The fourth-order valence-corrected chi connectivity index (χ4v) is 3.37. The van der Waals surface area contributed by atoms with Crippen molar-refractivity contribution in [3.05, 3.63) is 16.7 Å². The molecule has 0 radical (unpaired) electrons. The van der Waals surface area contributed by atoms with Crippen LogP contribution in [0.4, 0.5) is 0 Å². The third kappa shape index (κ3) is 2.42. The van der Waals surface area contributed by atoms with E-state index >= 15 is 0 Å². The van der Waals surface area contributed by atoms with Gasteiger partial charge in [0.25, 0.3) is 0 Å². The van der Waals surface area contributed by atoms with Crippen molar-refractivity contribution in [2.24, 2.45) is 17.8 Å². The number of nitrogens with zero attached hydrogens (tertiary/aromatic N) is 1. The fourth-order valence-electron chi connectivity index (χ4n) is 3.14. The highest BCUT2D eigenvalue weighted by molar-refractivity contribution is 7.71. The highest BCUT2D eigenvalue weighted by atomic mass is 32.1. The predicted molar refractivity (Wildman–Crippen MR) is 77.3 cm³/mol. The van der Waals surface area contributed by atoms with Gasteiger partial charge in [0.1, 0.15) is 0 Å². The first-order chi connectivity index (χ1) is 8.47. The summed E-state index contributed by atoms with van der Waals surface area (Å²) in [5.41, 5.74) is 1.53. The van der Waals surface area contributed by atoms with Gasteiger partial charge in [0, 0.05) is 23.9 Å². The second-order valence-electron chi connectivity index (χ2n) is 7.18. The molecule has 0 unspecified atom stereocenters. The Morgan fingerprint density at radius 3 is 2.28 bits per heavy atom. The van der Waals surface area contributed by atoms with Gasteiger partial charge >= 0.3 is 0 Å². The quantitative estimate of drug-likeness (QED) is 0.805. The van der Waals surface area contributed by atoms with Crippen molar-refractivity contribution in [3.8, 4) is 0 Å². The molecule has 3 rings (SSSR count). The van der Waals surface area contributed by atoms with E-state index in [1.54, 1.807) is 0 Å². The van der Waals surface area contributed by atoms with Crippen molar-refractivity contribution < 1.29 is 0 Å². The molecule has 2 fully saturated rings. The summed E-state index contributed by atoms with van der Waals surface area (Å²) >= 11 is 5.48. The molecule has 2 aliphatic carbocycles. The number of hydrogen-bond acceptors (Lipinski definition) is 1. The Hall–Kier alpha value is -0.570. The lowest BCUT2D eigenvalue weighted by atomic mass is 9.91. The van der Waals surface area contributed by atoms with Gasteiger partial charge in [-0.1, -0.05) is 20.8 Å². The number of rotatable bonds is 4. The van der Waals surface area contributed by atoms with E-state index in [1.807, 2.05) is 0 Å². The van der Waals surface area contributed by atoms with E-state index in [-0.39, 0.29) is 5.41 Å². The average molecular weight is 264 g/mol. The molecule has 1 heterocycles. The monoisotopic (exact) mass is 264 g/mol. The van der Waals surface area contributed by atoms with E-state index in [0.29, 0.717) is 0 Å². The summed E-state index contributed by atoms with van der Waals surface area (Å²) < 4.78 is 3.28. The Balaban J connectivity index is 1.86. The number of hydrogen-bond donors (Lipinski definition) is 1. The Kier molecular flexibility index (Phi) is 2.92. The molecule has 100 valence electrons. The molecule has 18 heavy (non-hydrogen) atoms. The first kappa shape index (κ1) is 12.5. The minimum absolute atomic E-state index is 0.172. The van der Waals surface area contributed by atoms with Gasteiger partial charge in [-0.2, -0.15) is 0 Å². The van der Waals surface area contributed by atoms with E-state index in [2.05, 4.69) is 36.5 Å². The molecule has 1 aromatic rings. The molecule has 0 bridgehead atoms. The fraction of sp³-hybridized carbons (Fsp3) is 0.800. The molecular formula is C15H24N2S. The van der Waals surface area contributed by atoms with Crippen LogP contribution in [-0.4, -0.2) is 9.55 Å². The number of nitrogens with one attached hydrogen (secondary N) is 1. The summed E-state index contributed by atoms with van der Waals surface area (Å²) in [6.45, 7) is 7.95.